The number of nitrogens with two attached hydrogens (primary N) is 1. The van der Waals surface area contributed by atoms with Crippen molar-refractivity contribution in [2.24, 2.45) is 5.73 Å². The Morgan fingerprint density at radius 2 is 2.26 bits per heavy atom. The van der Waals surface area contributed by atoms with E-state index in [0.717, 1.165) is 16.0 Å². The number of nitrogens with zero attached hydrogens (tertiary/aromatic N) is 2. The summed E-state index contributed by atoms with van der Waals surface area (Å²) in [7, 11) is 0. The molecule has 6 nitrogen and oxygen atoms in total. The number of thiophene rings is 1. The molecule has 2 aromatic heterocycles. The molecule has 0 unspecified atom stereocenters. The Hall–Kier alpha value is -1.73. The number of primary amides is 1. The average Bonchev–Trinajstić information content (AvgIpc) is 2.65. The number of aromatic nitrogens is 2. The van der Waals surface area contributed by atoms with Crippen LogP contribution in [0, 0.1) is 13.8 Å². The van der Waals surface area contributed by atoms with Crippen molar-refractivity contribution in [3.05, 3.63) is 16.8 Å². The fourth-order valence-electron chi connectivity index (χ4n) is 1.73. The van der Waals surface area contributed by atoms with Crippen molar-refractivity contribution in [1.82, 2.24) is 9.97 Å². The van der Waals surface area contributed by atoms with Crippen LogP contribution in [-0.2, 0) is 9.53 Å². The number of hydrogen-bond acceptors (Lipinski definition) is 6. The van der Waals surface area contributed by atoms with Crippen LogP contribution in [0.3, 0.4) is 0 Å². The third kappa shape index (κ3) is 3.18. The third-order valence-corrected chi connectivity index (χ3v) is 3.86. The number of anilines is 1. The summed E-state index contributed by atoms with van der Waals surface area (Å²) < 4.78 is 5.09. The maximum atomic E-state index is 10.5. The highest BCUT2D eigenvalue weighted by molar-refractivity contribution is 7.18. The maximum Gasteiger partial charge on any atom is 0.243 e. The minimum Gasteiger partial charge on any atom is -0.370 e. The monoisotopic (exact) mass is 280 g/mol. The molecule has 0 spiro atoms. The molecule has 2 rings (SSSR count). The molecule has 1 amide bonds. The molecule has 0 fully saturated rings. The highest BCUT2D eigenvalue weighted by Gasteiger charge is 2.11. The standard InChI is InChI=1S/C12H16N4O2S/c1-7-8(2)19-12-10(7)11(15-6-16-12)14-3-4-18-5-9(13)17/h6H,3-5H2,1-2H3,(H2,13,17)(H,14,15,16). The van der Waals surface area contributed by atoms with Gasteiger partial charge >= 0.3 is 0 Å². The van der Waals surface area contributed by atoms with E-state index >= 15 is 0 Å². The maximum absolute atomic E-state index is 10.5. The molecule has 102 valence electrons. The van der Waals surface area contributed by atoms with Crippen molar-refractivity contribution in [3.63, 3.8) is 0 Å². The SMILES string of the molecule is Cc1sc2ncnc(NCCOCC(N)=O)c2c1C. The van der Waals surface area contributed by atoms with Gasteiger partial charge < -0.3 is 15.8 Å². The van der Waals surface area contributed by atoms with Gasteiger partial charge in [-0.3, -0.25) is 4.79 Å². The minimum atomic E-state index is -0.464. The fraction of sp³-hybridized carbons (Fsp3) is 0.417. The Balaban J connectivity index is 2.02. The van der Waals surface area contributed by atoms with Crippen LogP contribution < -0.4 is 11.1 Å². The lowest BCUT2D eigenvalue weighted by molar-refractivity contribution is -0.122. The number of nitrogens with one attached hydrogen (secondary N) is 1. The molecule has 2 heterocycles. The lowest BCUT2D eigenvalue weighted by atomic mass is 10.2. The highest BCUT2D eigenvalue weighted by Crippen LogP contribution is 2.32. The molecule has 2 aromatic rings. The smallest absolute Gasteiger partial charge is 0.243 e. The summed E-state index contributed by atoms with van der Waals surface area (Å²) in [5, 5.41) is 4.25. The van der Waals surface area contributed by atoms with Crippen LogP contribution in [-0.4, -0.2) is 35.6 Å². The van der Waals surface area contributed by atoms with Gasteiger partial charge in [-0.25, -0.2) is 9.97 Å². The Kier molecular flexibility index (Phi) is 4.28. The van der Waals surface area contributed by atoms with Gasteiger partial charge in [0.15, 0.2) is 0 Å². The molecule has 0 bridgehead atoms. The molecule has 0 aliphatic rings. The van der Waals surface area contributed by atoms with E-state index in [2.05, 4.69) is 29.1 Å². The van der Waals surface area contributed by atoms with Crippen molar-refractivity contribution in [1.29, 1.82) is 0 Å². The topological polar surface area (TPSA) is 90.1 Å². The first-order chi connectivity index (χ1) is 9.09. The number of hydrogen-bond donors (Lipinski definition) is 2. The Bertz CT molecular complexity index is 597. The van der Waals surface area contributed by atoms with Gasteiger partial charge in [0.25, 0.3) is 0 Å². The first kappa shape index (κ1) is 13.7. The van der Waals surface area contributed by atoms with Crippen molar-refractivity contribution in [3.8, 4) is 0 Å². The molecular weight excluding hydrogens is 264 g/mol. The number of amides is 1. The van der Waals surface area contributed by atoms with Gasteiger partial charge in [0.05, 0.1) is 12.0 Å². The second-order valence-electron chi connectivity index (χ2n) is 4.13. The molecular formula is C12H16N4O2S. The lowest BCUT2D eigenvalue weighted by Crippen LogP contribution is -2.20. The molecule has 0 aromatic carbocycles. The molecule has 3 N–H and O–H groups in total. The van der Waals surface area contributed by atoms with E-state index in [9.17, 15) is 4.79 Å². The van der Waals surface area contributed by atoms with E-state index in [1.807, 2.05) is 0 Å². The van der Waals surface area contributed by atoms with Gasteiger partial charge in [-0.15, -0.1) is 11.3 Å². The van der Waals surface area contributed by atoms with Crippen LogP contribution in [0.4, 0.5) is 5.82 Å². The summed E-state index contributed by atoms with van der Waals surface area (Å²) in [4.78, 5) is 21.2. The predicted octanol–water partition coefficient (Wildman–Crippen LogP) is 1.22. The van der Waals surface area contributed by atoms with Crippen molar-refractivity contribution in [2.45, 2.75) is 13.8 Å². The number of carbonyl (C=O) groups is 1. The van der Waals surface area contributed by atoms with Crippen LogP contribution in [0.1, 0.15) is 10.4 Å². The summed E-state index contributed by atoms with van der Waals surface area (Å²) in [6.45, 7) is 5.04. The Morgan fingerprint density at radius 1 is 1.47 bits per heavy atom. The van der Waals surface area contributed by atoms with E-state index in [1.165, 1.54) is 10.4 Å². The van der Waals surface area contributed by atoms with E-state index < -0.39 is 5.91 Å². The molecule has 0 saturated heterocycles. The van der Waals surface area contributed by atoms with Gasteiger partial charge in [-0.2, -0.15) is 0 Å². The van der Waals surface area contributed by atoms with Gasteiger partial charge in [-0.05, 0) is 19.4 Å². The Morgan fingerprint density at radius 3 is 3.00 bits per heavy atom. The second kappa shape index (κ2) is 5.94. The molecule has 0 aliphatic heterocycles. The van der Waals surface area contributed by atoms with Crippen LogP contribution in [0.5, 0.6) is 0 Å². The zero-order valence-electron chi connectivity index (χ0n) is 10.9. The van der Waals surface area contributed by atoms with E-state index in [4.69, 9.17) is 10.5 Å². The summed E-state index contributed by atoms with van der Waals surface area (Å²) in [5.41, 5.74) is 6.17. The zero-order chi connectivity index (χ0) is 13.8. The first-order valence-electron chi connectivity index (χ1n) is 5.90. The van der Waals surface area contributed by atoms with Crippen LogP contribution in [0.25, 0.3) is 10.2 Å². The van der Waals surface area contributed by atoms with E-state index in [-0.39, 0.29) is 6.61 Å². The largest absolute Gasteiger partial charge is 0.370 e. The van der Waals surface area contributed by atoms with Crippen LogP contribution in [0.15, 0.2) is 6.33 Å². The Labute approximate surface area is 115 Å². The molecule has 0 saturated carbocycles. The number of ether oxygens (including phenoxy) is 1. The van der Waals surface area contributed by atoms with Gasteiger partial charge in [0, 0.05) is 11.4 Å². The van der Waals surface area contributed by atoms with Gasteiger partial charge in [0.2, 0.25) is 5.91 Å². The molecule has 0 aliphatic carbocycles. The normalized spacial score (nSPS) is 10.8. The summed E-state index contributed by atoms with van der Waals surface area (Å²) >= 11 is 1.66. The number of fused-ring (bicyclic) bond motifs is 1. The summed E-state index contributed by atoms with van der Waals surface area (Å²) in [6.07, 6.45) is 1.55. The van der Waals surface area contributed by atoms with Crippen LogP contribution >= 0.6 is 11.3 Å². The first-order valence-corrected chi connectivity index (χ1v) is 6.72. The highest BCUT2D eigenvalue weighted by atomic mass is 32.1. The average molecular weight is 280 g/mol. The lowest BCUT2D eigenvalue weighted by Gasteiger charge is -2.07. The van der Waals surface area contributed by atoms with Crippen molar-refractivity contribution in [2.75, 3.05) is 25.1 Å². The number of rotatable bonds is 6. The third-order valence-electron chi connectivity index (χ3n) is 2.75. The quantitative estimate of drug-likeness (QED) is 0.776. The van der Waals surface area contributed by atoms with E-state index in [1.54, 1.807) is 17.7 Å². The summed E-state index contributed by atoms with van der Waals surface area (Å²) in [6, 6.07) is 0. The number of aryl methyl sites for hydroxylation is 2. The van der Waals surface area contributed by atoms with Gasteiger partial charge in [-0.1, -0.05) is 0 Å². The second-order valence-corrected chi connectivity index (χ2v) is 5.33. The summed E-state index contributed by atoms with van der Waals surface area (Å²) in [5.74, 6) is 0.336. The van der Waals surface area contributed by atoms with Gasteiger partial charge in [0.1, 0.15) is 23.6 Å². The fourth-order valence-corrected chi connectivity index (χ4v) is 2.73. The molecule has 0 radical (unpaired) electrons. The minimum absolute atomic E-state index is 0.0581. The molecule has 7 heteroatoms. The van der Waals surface area contributed by atoms with Crippen molar-refractivity contribution < 1.29 is 9.53 Å². The zero-order valence-corrected chi connectivity index (χ0v) is 11.7. The van der Waals surface area contributed by atoms with Crippen LogP contribution in [0.2, 0.25) is 0 Å². The van der Waals surface area contributed by atoms with E-state index in [0.29, 0.717) is 13.2 Å². The molecule has 0 atom stereocenters. The number of carbonyl (C=O) groups excluding carboxylic acids is 1. The van der Waals surface area contributed by atoms with Crippen molar-refractivity contribution >= 4 is 33.3 Å². The predicted molar refractivity (Wildman–Crippen MR) is 75.4 cm³/mol. The molecule has 19 heavy (non-hydrogen) atoms.